The second-order valence-corrected chi connectivity index (χ2v) is 37.2. The van der Waals surface area contributed by atoms with E-state index in [1.165, 1.54) is 198 Å². The van der Waals surface area contributed by atoms with Gasteiger partial charge in [-0.05, 0) is 291 Å². The lowest BCUT2D eigenvalue weighted by Crippen LogP contribution is -2.38. The largest absolute Gasteiger partial charge is 0.381 e. The lowest BCUT2D eigenvalue weighted by Gasteiger charge is -2.31. The van der Waals surface area contributed by atoms with Crippen molar-refractivity contribution in [3.8, 4) is 0 Å². The molecule has 5 heterocycles. The molecule has 0 saturated heterocycles. The first-order valence-electron chi connectivity index (χ1n) is 49.3. The first kappa shape index (κ1) is 100. The number of para-hydroxylation sites is 9. The maximum Gasteiger partial charge on any atom is 0.0731 e. The molecular weight excluding hydrogens is 1660 g/mol. The highest BCUT2D eigenvalue weighted by molar-refractivity contribution is 9.10. The summed E-state index contributed by atoms with van der Waals surface area (Å²) in [5.41, 5.74) is 16.7. The van der Waals surface area contributed by atoms with Gasteiger partial charge in [0, 0.05) is 101 Å². The Bertz CT molecular complexity index is 5700. The average Bonchev–Trinajstić information content (AvgIpc) is 0.784. The summed E-state index contributed by atoms with van der Waals surface area (Å²) >= 11 is 3.64. The number of hydrogen-bond acceptors (Lipinski definition) is 15. The maximum atomic E-state index is 4.87. The van der Waals surface area contributed by atoms with Gasteiger partial charge in [-0.1, -0.05) is 241 Å². The van der Waals surface area contributed by atoms with Crippen LogP contribution in [0, 0.1) is 0 Å². The number of nitrogens with one attached hydrogen (secondary N) is 6. The molecule has 0 aliphatic carbocycles. The fraction of sp³-hybridized carbons (Fsp3) is 0.430. The van der Waals surface area contributed by atoms with Gasteiger partial charge in [-0.2, -0.15) is 0 Å². The molecule has 6 N–H and O–H groups in total. The Balaban J connectivity index is 0.000000157. The Morgan fingerprint density at radius 1 is 0.277 bits per heavy atom. The summed E-state index contributed by atoms with van der Waals surface area (Å²) in [4.78, 5) is 34.1. The second-order valence-electron chi connectivity index (χ2n) is 36.3. The fourth-order valence-electron chi connectivity index (χ4n) is 18.4. The van der Waals surface area contributed by atoms with Crippen LogP contribution in [0.3, 0.4) is 0 Å². The van der Waals surface area contributed by atoms with Crippen LogP contribution in [0.25, 0.3) is 109 Å². The van der Waals surface area contributed by atoms with Crippen molar-refractivity contribution in [2.24, 2.45) is 0 Å². The van der Waals surface area contributed by atoms with E-state index in [-0.39, 0.29) is 0 Å². The Labute approximate surface area is 787 Å². The molecule has 0 spiro atoms. The van der Waals surface area contributed by atoms with Gasteiger partial charge < -0.3 is 46.6 Å². The average molecular weight is 1810 g/mol. The molecule has 0 amide bonds. The van der Waals surface area contributed by atoms with Crippen molar-refractivity contribution in [2.75, 3.05) is 106 Å². The van der Waals surface area contributed by atoms with Crippen molar-refractivity contribution in [1.82, 2.24) is 49.8 Å². The fourth-order valence-corrected chi connectivity index (χ4v) is 18.7. The number of benzene rings is 10. The molecule has 5 atom stereocenters. The number of nitrogens with zero attached hydrogens (tertiary/aromatic N) is 9. The molecule has 0 aliphatic heterocycles. The summed E-state index contributed by atoms with van der Waals surface area (Å²) < 4.78 is 1.09. The molecule has 15 rings (SSSR count). The molecule has 0 radical (unpaired) electrons. The highest BCUT2D eigenvalue weighted by atomic mass is 79.9. The molecule has 5 aromatic heterocycles. The number of aromatic nitrogens is 5. The van der Waals surface area contributed by atoms with Gasteiger partial charge in [0.05, 0.1) is 83.6 Å². The summed E-state index contributed by atoms with van der Waals surface area (Å²) in [5.74, 6) is 0. The normalized spacial score (nSPS) is 12.8. The van der Waals surface area contributed by atoms with E-state index in [4.69, 9.17) is 24.9 Å². The van der Waals surface area contributed by atoms with Gasteiger partial charge in [-0.3, -0.25) is 4.90 Å². The van der Waals surface area contributed by atoms with Crippen LogP contribution in [0.15, 0.2) is 241 Å². The number of rotatable bonds is 43. The van der Waals surface area contributed by atoms with Crippen LogP contribution in [-0.4, -0.2) is 166 Å². The Morgan fingerprint density at radius 3 is 0.854 bits per heavy atom. The van der Waals surface area contributed by atoms with Crippen LogP contribution >= 0.6 is 15.9 Å². The molecule has 0 fully saturated rings. The molecule has 0 aliphatic rings. The van der Waals surface area contributed by atoms with Crippen LogP contribution in [0.5, 0.6) is 0 Å². The molecule has 15 nitrogen and oxygen atoms in total. The van der Waals surface area contributed by atoms with E-state index < -0.39 is 0 Å². The van der Waals surface area contributed by atoms with E-state index >= 15 is 0 Å². The summed E-state index contributed by atoms with van der Waals surface area (Å²) in [7, 11) is 4.25. The molecular formula is C114H152BrN15. The van der Waals surface area contributed by atoms with Crippen molar-refractivity contribution < 1.29 is 0 Å². The van der Waals surface area contributed by atoms with Crippen molar-refractivity contribution in [3.63, 3.8) is 0 Å². The predicted molar refractivity (Wildman–Crippen MR) is 573 cm³/mol. The van der Waals surface area contributed by atoms with Crippen molar-refractivity contribution >= 4 is 153 Å². The van der Waals surface area contributed by atoms with Crippen molar-refractivity contribution in [2.45, 2.75) is 242 Å². The summed E-state index contributed by atoms with van der Waals surface area (Å²) in [5, 5.41) is 34.6. The van der Waals surface area contributed by atoms with E-state index in [1.54, 1.807) is 0 Å². The molecule has 16 heteroatoms. The summed E-state index contributed by atoms with van der Waals surface area (Å²) in [6.07, 6.45) is 19.1. The zero-order valence-corrected chi connectivity index (χ0v) is 82.9. The summed E-state index contributed by atoms with van der Waals surface area (Å²) in [6, 6.07) is 85.7. The molecule has 3 unspecified atom stereocenters. The molecule has 130 heavy (non-hydrogen) atoms. The Morgan fingerprint density at radius 2 is 0.554 bits per heavy atom. The minimum Gasteiger partial charge on any atom is -0.381 e. The van der Waals surface area contributed by atoms with E-state index in [2.05, 4.69) is 391 Å². The Hall–Kier alpha value is -10.2. The molecule has 0 bridgehead atoms. The predicted octanol–water partition coefficient (Wildman–Crippen LogP) is 28.9. The van der Waals surface area contributed by atoms with Gasteiger partial charge in [0.2, 0.25) is 0 Å². The van der Waals surface area contributed by atoms with Crippen molar-refractivity contribution in [1.29, 1.82) is 0 Å². The lowest BCUT2D eigenvalue weighted by molar-refractivity contribution is 0.170. The number of fused-ring (bicyclic) bond motifs is 10. The first-order chi connectivity index (χ1) is 63.3. The van der Waals surface area contributed by atoms with Gasteiger partial charge in [-0.15, -0.1) is 0 Å². The SMILES string of the molecule is CC(CCCN(C)C)Nc1c2ccccc2nc2ccccc12.CCCN(CCC)CCCC(C)Nc1c2ccccc2nc2ccccc12.CCC[C@@H](CCCN(C(C)C)C(C)C)Nc1c2ccccc2nc2ccccc12.CCC[C@@H](CCCN(CC)CC)Nc1c2ccccc2nc2ccc(Br)cc12.CCNCCCC(C)Nc1c2ccccc2nc2ccccc12. The van der Waals surface area contributed by atoms with Gasteiger partial charge in [0.1, 0.15) is 0 Å². The van der Waals surface area contributed by atoms with Crippen LogP contribution in [0.2, 0.25) is 0 Å². The number of halogens is 1. The lowest BCUT2D eigenvalue weighted by atomic mass is 10.0. The zero-order chi connectivity index (χ0) is 92.1. The van der Waals surface area contributed by atoms with Crippen molar-refractivity contribution in [3.05, 3.63) is 241 Å². The minimum atomic E-state index is 0.433. The quantitative estimate of drug-likeness (QED) is 0.0159. The standard InChI is InChI=1S/C26H37N3.C24H32BrN3.C24H33N3.2C20H25N3/c1-6-12-21(13-11-18-29(19(2)3)20(4)5)27-26-22-14-7-9-16-24(22)28-25-17-10-8-15-23(25)26;1-4-10-19(11-9-16-28(5-2)6-3)26-24-20-12-7-8-13-22(20)27-23-15-14-18(25)17-21(23)24;1-4-16-27(17-5-2)18-10-11-19(3)25-24-20-12-6-8-14-22(20)26-23-15-9-7-13-21(23)24;1-15(9-8-14-23(2)3)21-20-16-10-4-6-12-18(16)22-19-13-7-5-11-17(19)20;1-3-21-14-8-9-15(2)22-20-16-10-4-6-12-18(16)23-19-13-7-5-11-17(19)20/h7-10,14-17,19-21H,6,11-13,18H2,1-5H3,(H,27,28);7-8,12-15,17,19H,4-6,9-11,16H2,1-3H3,(H,26,27);6-9,12-15,19H,4-5,10-11,16-18H2,1-3H3,(H,25,26);4-7,10-13,15H,8-9,14H2,1-3H3,(H,21,22);4-7,10-13,15,21H,3,8-9,14H2,1-2H3,(H,22,23)/t21-;19-;;;/m00.../s1. The van der Waals surface area contributed by atoms with E-state index in [0.717, 1.165) is 112 Å². The number of anilines is 5. The second kappa shape index (κ2) is 52.8. The molecule has 15 aromatic rings. The van der Waals surface area contributed by atoms with E-state index in [9.17, 15) is 0 Å². The van der Waals surface area contributed by atoms with Crippen LogP contribution in [0.4, 0.5) is 28.4 Å². The van der Waals surface area contributed by atoms with Gasteiger partial charge in [-0.25, -0.2) is 24.9 Å². The maximum absolute atomic E-state index is 4.87. The zero-order valence-electron chi connectivity index (χ0n) is 81.3. The smallest absolute Gasteiger partial charge is 0.0731 e. The third-order valence-corrected chi connectivity index (χ3v) is 25.5. The van der Waals surface area contributed by atoms with E-state index in [0.29, 0.717) is 42.3 Å². The van der Waals surface area contributed by atoms with Crippen LogP contribution < -0.4 is 31.9 Å². The monoisotopic (exact) mass is 1810 g/mol. The topological polar surface area (TPSA) is 150 Å². The third kappa shape index (κ3) is 28.9. The number of hydrogen-bond donors (Lipinski definition) is 6. The molecule has 0 saturated carbocycles. The highest BCUT2D eigenvalue weighted by Gasteiger charge is 2.22. The third-order valence-electron chi connectivity index (χ3n) is 25.0. The van der Waals surface area contributed by atoms with Crippen LogP contribution in [0.1, 0.15) is 200 Å². The van der Waals surface area contributed by atoms with Gasteiger partial charge >= 0.3 is 0 Å². The van der Waals surface area contributed by atoms with E-state index in [1.807, 2.05) is 24.3 Å². The van der Waals surface area contributed by atoms with Gasteiger partial charge in [0.15, 0.2) is 0 Å². The van der Waals surface area contributed by atoms with Crippen LogP contribution in [-0.2, 0) is 0 Å². The molecule has 690 valence electrons. The summed E-state index contributed by atoms with van der Waals surface area (Å²) in [6.45, 7) is 43.3. The minimum absolute atomic E-state index is 0.433. The van der Waals surface area contributed by atoms with Gasteiger partial charge in [0.25, 0.3) is 0 Å². The Kier molecular flexibility index (Phi) is 40.7. The highest BCUT2D eigenvalue weighted by Crippen LogP contribution is 2.39. The number of pyridine rings is 5. The molecule has 10 aromatic carbocycles. The first-order valence-corrected chi connectivity index (χ1v) is 50.1.